The fraction of sp³-hybridized carbons (Fsp3) is 0.643. The number of hydrogen-bond donors (Lipinski definition) is 2. The van der Waals surface area contributed by atoms with Crippen molar-refractivity contribution in [1.82, 2.24) is 9.71 Å². The molecule has 3 atom stereocenters. The summed E-state index contributed by atoms with van der Waals surface area (Å²) < 4.78 is 15.2. The van der Waals surface area contributed by atoms with Gasteiger partial charge in [-0.1, -0.05) is 36.2 Å². The van der Waals surface area contributed by atoms with E-state index >= 15 is 0 Å². The third kappa shape index (κ3) is 6.55. The highest BCUT2D eigenvalue weighted by atomic mass is 35.5. The summed E-state index contributed by atoms with van der Waals surface area (Å²) in [6.07, 6.45) is 1.65. The fourth-order valence-electron chi connectivity index (χ4n) is 1.67. The average molecular weight is 369 g/mol. The standard InChI is InChI=1S/C14H22Cl2N2OS2/c1-9(20)5-7-11(18-21(19)14(2,3)4)10-6-8-12(15)17-13(10)16/h6,8-9,11,18,20H,5,7H2,1-4H3. The first-order chi connectivity index (χ1) is 9.61. The molecule has 3 unspecified atom stereocenters. The van der Waals surface area contributed by atoms with Gasteiger partial charge in [-0.15, -0.1) is 4.72 Å². The average Bonchev–Trinajstić information content (AvgIpc) is 2.33. The van der Waals surface area contributed by atoms with E-state index in [2.05, 4.69) is 22.3 Å². The Morgan fingerprint density at radius 1 is 1.33 bits per heavy atom. The number of pyridine rings is 1. The number of nitrogens with one attached hydrogen (secondary N) is 1. The van der Waals surface area contributed by atoms with E-state index in [9.17, 15) is 4.55 Å². The van der Waals surface area contributed by atoms with Gasteiger partial charge in [0.05, 0.1) is 6.04 Å². The molecule has 21 heavy (non-hydrogen) atoms. The van der Waals surface area contributed by atoms with Crippen molar-refractivity contribution in [3.05, 3.63) is 28.0 Å². The van der Waals surface area contributed by atoms with E-state index in [4.69, 9.17) is 23.2 Å². The summed E-state index contributed by atoms with van der Waals surface area (Å²) in [5.41, 5.74) is 0.813. The van der Waals surface area contributed by atoms with Gasteiger partial charge >= 0.3 is 0 Å². The molecule has 0 saturated carbocycles. The summed E-state index contributed by atoms with van der Waals surface area (Å²) in [6, 6.07) is 3.39. The van der Waals surface area contributed by atoms with Gasteiger partial charge in [0.15, 0.2) is 0 Å². The fourth-order valence-corrected chi connectivity index (χ4v) is 3.16. The third-order valence-electron chi connectivity index (χ3n) is 2.90. The molecule has 0 aliphatic heterocycles. The van der Waals surface area contributed by atoms with Crippen LogP contribution in [0.25, 0.3) is 0 Å². The van der Waals surface area contributed by atoms with Crippen molar-refractivity contribution in [2.75, 3.05) is 0 Å². The Morgan fingerprint density at radius 2 is 1.95 bits per heavy atom. The lowest BCUT2D eigenvalue weighted by atomic mass is 10.0. The minimum absolute atomic E-state index is 0.142. The maximum atomic E-state index is 12.4. The molecule has 0 fully saturated rings. The van der Waals surface area contributed by atoms with Crippen molar-refractivity contribution in [1.29, 1.82) is 0 Å². The molecule has 0 aliphatic rings. The van der Waals surface area contributed by atoms with Gasteiger partial charge < -0.3 is 4.55 Å². The van der Waals surface area contributed by atoms with Crippen LogP contribution >= 0.6 is 35.8 Å². The van der Waals surface area contributed by atoms with Crippen molar-refractivity contribution in [2.45, 2.75) is 56.6 Å². The molecule has 0 bridgehead atoms. The van der Waals surface area contributed by atoms with Gasteiger partial charge in [-0.25, -0.2) is 4.98 Å². The summed E-state index contributed by atoms with van der Waals surface area (Å²) in [5, 5.41) is 0.955. The lowest BCUT2D eigenvalue weighted by molar-refractivity contribution is 0.504. The molecule has 0 saturated heterocycles. The zero-order chi connectivity index (χ0) is 16.2. The van der Waals surface area contributed by atoms with Crippen molar-refractivity contribution >= 4 is 47.2 Å². The second-order valence-electron chi connectivity index (χ2n) is 5.99. The Bertz CT molecular complexity index is 467. The van der Waals surface area contributed by atoms with E-state index in [1.54, 1.807) is 6.07 Å². The number of thiol groups is 1. The molecule has 1 aromatic heterocycles. The molecular formula is C14H22Cl2N2OS2. The summed E-state index contributed by atoms with van der Waals surface area (Å²) in [6.45, 7) is 7.81. The van der Waals surface area contributed by atoms with E-state index < -0.39 is 11.4 Å². The molecule has 0 aromatic carbocycles. The first-order valence-corrected chi connectivity index (χ1v) is 9.21. The number of halogens is 2. The van der Waals surface area contributed by atoms with Crippen LogP contribution in [-0.2, 0) is 11.4 Å². The molecule has 120 valence electrons. The maximum absolute atomic E-state index is 12.4. The largest absolute Gasteiger partial charge is 0.598 e. The molecular weight excluding hydrogens is 347 g/mol. The Kier molecular flexibility index (Phi) is 7.64. The van der Waals surface area contributed by atoms with Gasteiger partial charge in [-0.3, -0.25) is 0 Å². The molecule has 1 aromatic rings. The van der Waals surface area contributed by atoms with Crippen LogP contribution in [-0.4, -0.2) is 19.5 Å². The summed E-state index contributed by atoms with van der Waals surface area (Å²) in [5.74, 6) is 0. The highest BCUT2D eigenvalue weighted by Crippen LogP contribution is 2.29. The van der Waals surface area contributed by atoms with Gasteiger partial charge in [-0.05, 0) is 44.9 Å². The second-order valence-corrected chi connectivity index (χ2v) is 9.62. The minimum Gasteiger partial charge on any atom is -0.598 e. The van der Waals surface area contributed by atoms with Crippen LogP contribution in [0, 0.1) is 0 Å². The van der Waals surface area contributed by atoms with Crippen molar-refractivity contribution in [2.24, 2.45) is 0 Å². The van der Waals surface area contributed by atoms with Crippen LogP contribution in [0.15, 0.2) is 12.1 Å². The van der Waals surface area contributed by atoms with E-state index in [0.717, 1.165) is 18.4 Å². The third-order valence-corrected chi connectivity index (χ3v) is 5.28. The number of aromatic nitrogens is 1. The Morgan fingerprint density at radius 3 is 2.43 bits per heavy atom. The molecule has 0 spiro atoms. The van der Waals surface area contributed by atoms with E-state index in [0.29, 0.717) is 10.3 Å². The highest BCUT2D eigenvalue weighted by Gasteiger charge is 2.30. The van der Waals surface area contributed by atoms with E-state index in [1.807, 2.05) is 33.8 Å². The van der Waals surface area contributed by atoms with Crippen molar-refractivity contribution in [3.63, 3.8) is 0 Å². The van der Waals surface area contributed by atoms with Gasteiger partial charge in [0.25, 0.3) is 0 Å². The number of nitrogens with zero attached hydrogens (tertiary/aromatic N) is 1. The lowest BCUT2D eigenvalue weighted by Gasteiger charge is -2.28. The van der Waals surface area contributed by atoms with Crippen LogP contribution in [0.2, 0.25) is 10.3 Å². The van der Waals surface area contributed by atoms with Gasteiger partial charge in [0.2, 0.25) is 0 Å². The van der Waals surface area contributed by atoms with Crippen LogP contribution in [0.3, 0.4) is 0 Å². The van der Waals surface area contributed by atoms with Crippen LogP contribution in [0.1, 0.15) is 52.1 Å². The highest BCUT2D eigenvalue weighted by molar-refractivity contribution is 7.90. The lowest BCUT2D eigenvalue weighted by Crippen LogP contribution is -2.41. The second kappa shape index (κ2) is 8.27. The first kappa shape index (κ1) is 19.4. The molecule has 0 radical (unpaired) electrons. The Balaban J connectivity index is 2.96. The zero-order valence-electron chi connectivity index (χ0n) is 12.7. The molecule has 7 heteroatoms. The Labute approximate surface area is 145 Å². The monoisotopic (exact) mass is 368 g/mol. The summed E-state index contributed by atoms with van der Waals surface area (Å²) >= 11 is 15.2. The minimum atomic E-state index is -1.19. The molecule has 3 nitrogen and oxygen atoms in total. The summed E-state index contributed by atoms with van der Waals surface area (Å²) in [7, 11) is 0. The van der Waals surface area contributed by atoms with Crippen molar-refractivity contribution < 1.29 is 4.55 Å². The van der Waals surface area contributed by atoms with E-state index in [-0.39, 0.29) is 16.0 Å². The number of rotatable bonds is 6. The van der Waals surface area contributed by atoms with Gasteiger partial charge in [0, 0.05) is 16.9 Å². The normalized spacial score (nSPS) is 16.6. The Hall–Kier alpha value is 0.350. The quantitative estimate of drug-likeness (QED) is 0.438. The van der Waals surface area contributed by atoms with Crippen LogP contribution < -0.4 is 4.72 Å². The smallest absolute Gasteiger partial charge is 0.136 e. The topological polar surface area (TPSA) is 48.0 Å². The molecule has 1 heterocycles. The van der Waals surface area contributed by atoms with Crippen LogP contribution in [0.5, 0.6) is 0 Å². The predicted octanol–water partition coefficient (Wildman–Crippen LogP) is 4.58. The van der Waals surface area contributed by atoms with Crippen molar-refractivity contribution in [3.8, 4) is 0 Å². The van der Waals surface area contributed by atoms with Gasteiger partial charge in [0.1, 0.15) is 15.1 Å². The van der Waals surface area contributed by atoms with E-state index in [1.165, 1.54) is 0 Å². The zero-order valence-corrected chi connectivity index (χ0v) is 15.9. The molecule has 1 N–H and O–H groups in total. The molecule has 1 rings (SSSR count). The van der Waals surface area contributed by atoms with Gasteiger partial charge in [-0.2, -0.15) is 12.6 Å². The first-order valence-electron chi connectivity index (χ1n) is 6.79. The van der Waals surface area contributed by atoms with Crippen LogP contribution in [0.4, 0.5) is 0 Å². The molecule has 0 aliphatic carbocycles. The number of hydrogen-bond acceptors (Lipinski definition) is 4. The summed E-state index contributed by atoms with van der Waals surface area (Å²) in [4.78, 5) is 4.06. The maximum Gasteiger partial charge on any atom is 0.136 e. The molecule has 0 amide bonds. The SMILES string of the molecule is CC(S)CCC(N[S+]([O-])C(C)(C)C)c1ccc(Cl)nc1Cl. The predicted molar refractivity (Wildman–Crippen MR) is 95.7 cm³/mol.